The zero-order valence-electron chi connectivity index (χ0n) is 10.7. The lowest BCUT2D eigenvalue weighted by Gasteiger charge is -2.24. The first-order valence-electron chi connectivity index (χ1n) is 6.53. The summed E-state index contributed by atoms with van der Waals surface area (Å²) in [7, 11) is 0. The zero-order chi connectivity index (χ0) is 11.5. The molecule has 16 heavy (non-hydrogen) atoms. The van der Waals surface area contributed by atoms with Gasteiger partial charge in [0.1, 0.15) is 0 Å². The molecule has 0 amide bonds. The molecule has 1 aromatic heterocycles. The Morgan fingerprint density at radius 2 is 1.94 bits per heavy atom. The number of anilines is 1. The average molecular weight is 221 g/mol. The van der Waals surface area contributed by atoms with Gasteiger partial charge in [-0.1, -0.05) is 19.3 Å². The standard InChI is InChI=1S/C13H23N3/c1-4-16-11(3)13(10(2)15-16)14-12-8-6-5-7-9-12/h12,14H,4-9H2,1-3H3. The van der Waals surface area contributed by atoms with Gasteiger partial charge in [0.25, 0.3) is 0 Å². The van der Waals surface area contributed by atoms with E-state index in [2.05, 4.69) is 35.9 Å². The van der Waals surface area contributed by atoms with E-state index in [4.69, 9.17) is 0 Å². The summed E-state index contributed by atoms with van der Waals surface area (Å²) in [5, 5.41) is 8.24. The molecule has 0 saturated heterocycles. The van der Waals surface area contributed by atoms with Gasteiger partial charge in [-0.2, -0.15) is 5.10 Å². The van der Waals surface area contributed by atoms with Crippen LogP contribution in [0, 0.1) is 13.8 Å². The van der Waals surface area contributed by atoms with Crippen molar-refractivity contribution in [2.45, 2.75) is 65.5 Å². The lowest BCUT2D eigenvalue weighted by Crippen LogP contribution is -2.22. The minimum Gasteiger partial charge on any atom is -0.379 e. The molecular weight excluding hydrogens is 198 g/mol. The van der Waals surface area contributed by atoms with Crippen LogP contribution in [-0.4, -0.2) is 15.8 Å². The summed E-state index contributed by atoms with van der Waals surface area (Å²) >= 11 is 0. The topological polar surface area (TPSA) is 29.9 Å². The molecule has 0 aromatic carbocycles. The molecule has 1 aliphatic rings. The molecule has 3 nitrogen and oxygen atoms in total. The van der Waals surface area contributed by atoms with Crippen LogP contribution in [0.1, 0.15) is 50.4 Å². The van der Waals surface area contributed by atoms with Gasteiger partial charge in [0.15, 0.2) is 0 Å². The fourth-order valence-corrected chi connectivity index (χ4v) is 2.66. The lowest BCUT2D eigenvalue weighted by molar-refractivity contribution is 0.462. The lowest BCUT2D eigenvalue weighted by atomic mass is 9.95. The molecule has 2 rings (SSSR count). The van der Waals surface area contributed by atoms with Crippen LogP contribution in [0.25, 0.3) is 0 Å². The fraction of sp³-hybridized carbons (Fsp3) is 0.769. The smallest absolute Gasteiger partial charge is 0.0828 e. The Labute approximate surface area is 98.2 Å². The first-order chi connectivity index (χ1) is 7.72. The van der Waals surface area contributed by atoms with Gasteiger partial charge in [-0.3, -0.25) is 4.68 Å². The SMILES string of the molecule is CCn1nc(C)c(NC2CCCCC2)c1C. The first-order valence-corrected chi connectivity index (χ1v) is 6.53. The van der Waals surface area contributed by atoms with Crippen LogP contribution in [0.5, 0.6) is 0 Å². The van der Waals surface area contributed by atoms with Crippen molar-refractivity contribution in [3.8, 4) is 0 Å². The Morgan fingerprint density at radius 3 is 2.50 bits per heavy atom. The number of nitrogens with zero attached hydrogens (tertiary/aromatic N) is 2. The molecule has 1 aromatic rings. The predicted octanol–water partition coefficient (Wildman–Crippen LogP) is 3.26. The Hall–Kier alpha value is -0.990. The normalized spacial score (nSPS) is 17.7. The van der Waals surface area contributed by atoms with Gasteiger partial charge in [0.05, 0.1) is 17.1 Å². The maximum atomic E-state index is 4.55. The van der Waals surface area contributed by atoms with E-state index < -0.39 is 0 Å². The third-order valence-corrected chi connectivity index (χ3v) is 3.63. The van der Waals surface area contributed by atoms with Crippen molar-refractivity contribution in [3.05, 3.63) is 11.4 Å². The Balaban J connectivity index is 2.10. The number of aryl methyl sites for hydroxylation is 2. The van der Waals surface area contributed by atoms with Gasteiger partial charge < -0.3 is 5.32 Å². The summed E-state index contributed by atoms with van der Waals surface area (Å²) in [6.07, 6.45) is 6.78. The second kappa shape index (κ2) is 4.89. The van der Waals surface area contributed by atoms with Crippen LogP contribution in [0.15, 0.2) is 0 Å². The molecule has 0 bridgehead atoms. The van der Waals surface area contributed by atoms with Gasteiger partial charge in [-0.05, 0) is 33.6 Å². The van der Waals surface area contributed by atoms with Crippen LogP contribution >= 0.6 is 0 Å². The van der Waals surface area contributed by atoms with Crippen molar-refractivity contribution in [2.24, 2.45) is 0 Å². The van der Waals surface area contributed by atoms with E-state index in [1.165, 1.54) is 43.5 Å². The van der Waals surface area contributed by atoms with Crippen molar-refractivity contribution in [3.63, 3.8) is 0 Å². The monoisotopic (exact) mass is 221 g/mol. The van der Waals surface area contributed by atoms with E-state index in [9.17, 15) is 0 Å². The molecule has 1 fully saturated rings. The van der Waals surface area contributed by atoms with Crippen molar-refractivity contribution in [2.75, 3.05) is 5.32 Å². The van der Waals surface area contributed by atoms with Crippen LogP contribution in [0.2, 0.25) is 0 Å². The summed E-state index contributed by atoms with van der Waals surface area (Å²) in [5.74, 6) is 0. The molecule has 0 atom stereocenters. The number of rotatable bonds is 3. The molecule has 90 valence electrons. The summed E-state index contributed by atoms with van der Waals surface area (Å²) in [4.78, 5) is 0. The number of nitrogens with one attached hydrogen (secondary N) is 1. The van der Waals surface area contributed by atoms with Crippen molar-refractivity contribution >= 4 is 5.69 Å². The number of hydrogen-bond acceptors (Lipinski definition) is 2. The minimum atomic E-state index is 0.667. The van der Waals surface area contributed by atoms with E-state index in [1.54, 1.807) is 0 Å². The molecule has 3 heteroatoms. The zero-order valence-corrected chi connectivity index (χ0v) is 10.7. The maximum Gasteiger partial charge on any atom is 0.0828 e. The second-order valence-corrected chi connectivity index (χ2v) is 4.84. The van der Waals surface area contributed by atoms with Gasteiger partial charge >= 0.3 is 0 Å². The highest BCUT2D eigenvalue weighted by Gasteiger charge is 2.17. The third kappa shape index (κ3) is 2.23. The van der Waals surface area contributed by atoms with E-state index >= 15 is 0 Å². The molecule has 0 radical (unpaired) electrons. The van der Waals surface area contributed by atoms with Gasteiger partial charge in [-0.25, -0.2) is 0 Å². The summed E-state index contributed by atoms with van der Waals surface area (Å²) in [6, 6.07) is 0.667. The number of aromatic nitrogens is 2. The number of hydrogen-bond donors (Lipinski definition) is 1. The van der Waals surface area contributed by atoms with E-state index in [1.807, 2.05) is 0 Å². The Morgan fingerprint density at radius 1 is 1.25 bits per heavy atom. The van der Waals surface area contributed by atoms with Gasteiger partial charge in [0.2, 0.25) is 0 Å². The van der Waals surface area contributed by atoms with Crippen LogP contribution < -0.4 is 5.32 Å². The Kier molecular flexibility index (Phi) is 3.52. The largest absolute Gasteiger partial charge is 0.379 e. The highest BCUT2D eigenvalue weighted by Crippen LogP contribution is 2.25. The minimum absolute atomic E-state index is 0.667. The van der Waals surface area contributed by atoms with Crippen molar-refractivity contribution in [1.82, 2.24) is 9.78 Å². The van der Waals surface area contributed by atoms with E-state index in [0.717, 1.165) is 12.2 Å². The summed E-state index contributed by atoms with van der Waals surface area (Å²) < 4.78 is 2.08. The van der Waals surface area contributed by atoms with E-state index in [0.29, 0.717) is 6.04 Å². The highest BCUT2D eigenvalue weighted by molar-refractivity contribution is 5.52. The first kappa shape index (κ1) is 11.5. The van der Waals surface area contributed by atoms with Crippen molar-refractivity contribution < 1.29 is 0 Å². The Bertz CT molecular complexity index is 348. The van der Waals surface area contributed by atoms with Crippen LogP contribution in [0.4, 0.5) is 5.69 Å². The average Bonchev–Trinajstić information content (AvgIpc) is 2.58. The third-order valence-electron chi connectivity index (χ3n) is 3.63. The molecule has 0 unspecified atom stereocenters. The highest BCUT2D eigenvalue weighted by atomic mass is 15.3. The fourth-order valence-electron chi connectivity index (χ4n) is 2.66. The predicted molar refractivity (Wildman–Crippen MR) is 67.9 cm³/mol. The molecular formula is C13H23N3. The van der Waals surface area contributed by atoms with Crippen LogP contribution in [0.3, 0.4) is 0 Å². The molecule has 1 aliphatic carbocycles. The van der Waals surface area contributed by atoms with Crippen molar-refractivity contribution in [1.29, 1.82) is 0 Å². The summed E-state index contributed by atoms with van der Waals surface area (Å²) in [5.41, 5.74) is 3.70. The molecule has 0 spiro atoms. The quantitative estimate of drug-likeness (QED) is 0.849. The van der Waals surface area contributed by atoms with Gasteiger partial charge in [-0.15, -0.1) is 0 Å². The second-order valence-electron chi connectivity index (χ2n) is 4.84. The molecule has 0 aliphatic heterocycles. The van der Waals surface area contributed by atoms with Crippen LogP contribution in [-0.2, 0) is 6.54 Å². The molecule has 1 saturated carbocycles. The summed E-state index contributed by atoms with van der Waals surface area (Å²) in [6.45, 7) is 7.36. The molecule has 1 heterocycles. The molecule has 1 N–H and O–H groups in total. The van der Waals surface area contributed by atoms with E-state index in [-0.39, 0.29) is 0 Å². The van der Waals surface area contributed by atoms with Gasteiger partial charge in [0, 0.05) is 12.6 Å². The maximum absolute atomic E-state index is 4.55.